The smallest absolute Gasteiger partial charge is 0.241 e. The molecule has 0 heterocycles. The first-order valence-corrected chi connectivity index (χ1v) is 8.89. The molecule has 0 aliphatic rings. The van der Waals surface area contributed by atoms with Crippen molar-refractivity contribution >= 4 is 35.6 Å². The molecule has 2 rings (SSSR count). The molecule has 0 aromatic heterocycles. The number of halogens is 1. The standard InChI is InChI=1S/C21H27N3O2.ClH/c1-4-15(2)20(22)21(26)23-17-12-10-16(11-13-17)14-19(25)24(3)18-8-6-5-7-9-18;/h5-13,15,20H,4,14,22H2,1-3H3,(H,23,26);1H. The first-order chi connectivity index (χ1) is 12.4. The van der Waals surface area contributed by atoms with Crippen molar-refractivity contribution in [2.75, 3.05) is 17.3 Å². The van der Waals surface area contributed by atoms with E-state index in [-0.39, 0.29) is 30.1 Å². The normalized spacial score (nSPS) is 12.4. The minimum Gasteiger partial charge on any atom is -0.325 e. The van der Waals surface area contributed by atoms with Gasteiger partial charge in [0.2, 0.25) is 11.8 Å². The van der Waals surface area contributed by atoms with Gasteiger partial charge in [-0.3, -0.25) is 9.59 Å². The molecular weight excluding hydrogens is 362 g/mol. The number of benzene rings is 2. The van der Waals surface area contributed by atoms with Gasteiger partial charge in [0.15, 0.2) is 0 Å². The maximum atomic E-state index is 12.4. The SMILES string of the molecule is CCC(C)C(N)C(=O)Nc1ccc(CC(=O)N(C)c2ccccc2)cc1.Cl. The second-order valence-electron chi connectivity index (χ2n) is 6.56. The van der Waals surface area contributed by atoms with E-state index in [0.29, 0.717) is 12.1 Å². The molecule has 0 saturated heterocycles. The molecule has 3 N–H and O–H groups in total. The fraction of sp³-hybridized carbons (Fsp3) is 0.333. The number of hydrogen-bond donors (Lipinski definition) is 2. The topological polar surface area (TPSA) is 75.4 Å². The van der Waals surface area contributed by atoms with Crippen molar-refractivity contribution in [2.45, 2.75) is 32.7 Å². The van der Waals surface area contributed by atoms with E-state index < -0.39 is 6.04 Å². The van der Waals surface area contributed by atoms with E-state index in [0.717, 1.165) is 17.7 Å². The summed E-state index contributed by atoms with van der Waals surface area (Å²) < 4.78 is 0. The van der Waals surface area contributed by atoms with Crippen molar-refractivity contribution in [3.05, 3.63) is 60.2 Å². The van der Waals surface area contributed by atoms with Gasteiger partial charge >= 0.3 is 0 Å². The Balaban J connectivity index is 0.00000364. The van der Waals surface area contributed by atoms with Gasteiger partial charge in [0.1, 0.15) is 0 Å². The summed E-state index contributed by atoms with van der Waals surface area (Å²) in [5.74, 6) is -0.0563. The van der Waals surface area contributed by atoms with Crippen molar-refractivity contribution in [3.63, 3.8) is 0 Å². The maximum Gasteiger partial charge on any atom is 0.241 e. The summed E-state index contributed by atoms with van der Waals surface area (Å²) in [5.41, 5.74) is 8.38. The molecule has 0 saturated carbocycles. The van der Waals surface area contributed by atoms with Gasteiger partial charge < -0.3 is 16.0 Å². The third kappa shape index (κ3) is 6.38. The highest BCUT2D eigenvalue weighted by molar-refractivity contribution is 5.95. The van der Waals surface area contributed by atoms with Gasteiger partial charge in [0.05, 0.1) is 12.5 Å². The Morgan fingerprint density at radius 2 is 1.67 bits per heavy atom. The first kappa shape index (κ1) is 22.7. The lowest BCUT2D eigenvalue weighted by molar-refractivity contribution is -0.118. The Bertz CT molecular complexity index is 735. The van der Waals surface area contributed by atoms with Gasteiger partial charge in [-0.15, -0.1) is 12.4 Å². The predicted molar refractivity (Wildman–Crippen MR) is 113 cm³/mol. The summed E-state index contributed by atoms with van der Waals surface area (Å²) in [4.78, 5) is 26.2. The Kier molecular flexibility index (Phi) is 8.98. The van der Waals surface area contributed by atoms with E-state index in [1.807, 2.05) is 56.3 Å². The van der Waals surface area contributed by atoms with Crippen molar-refractivity contribution in [3.8, 4) is 0 Å². The largest absolute Gasteiger partial charge is 0.325 e. The highest BCUT2D eigenvalue weighted by Crippen LogP contribution is 2.15. The molecular formula is C21H28ClN3O2. The Labute approximate surface area is 167 Å². The molecule has 5 nitrogen and oxygen atoms in total. The van der Waals surface area contributed by atoms with Crippen LogP contribution in [0.2, 0.25) is 0 Å². The van der Waals surface area contributed by atoms with E-state index >= 15 is 0 Å². The lowest BCUT2D eigenvalue weighted by Gasteiger charge is -2.18. The Morgan fingerprint density at radius 1 is 1.07 bits per heavy atom. The van der Waals surface area contributed by atoms with Crippen molar-refractivity contribution < 1.29 is 9.59 Å². The predicted octanol–water partition coefficient (Wildman–Crippen LogP) is 3.63. The molecule has 2 aromatic carbocycles. The molecule has 2 amide bonds. The molecule has 2 unspecified atom stereocenters. The van der Waals surface area contributed by atoms with E-state index in [1.54, 1.807) is 24.1 Å². The van der Waals surface area contributed by atoms with Crippen LogP contribution in [0, 0.1) is 5.92 Å². The van der Waals surface area contributed by atoms with Crippen LogP contribution in [0.4, 0.5) is 11.4 Å². The fourth-order valence-electron chi connectivity index (χ4n) is 2.53. The molecule has 27 heavy (non-hydrogen) atoms. The minimum absolute atomic E-state index is 0. The lowest BCUT2D eigenvalue weighted by atomic mass is 9.99. The van der Waals surface area contributed by atoms with Crippen LogP contribution in [0.15, 0.2) is 54.6 Å². The van der Waals surface area contributed by atoms with E-state index in [1.165, 1.54) is 0 Å². The summed E-state index contributed by atoms with van der Waals surface area (Å²) in [6, 6.07) is 16.3. The molecule has 0 aliphatic carbocycles. The van der Waals surface area contributed by atoms with Crippen LogP contribution >= 0.6 is 12.4 Å². The van der Waals surface area contributed by atoms with Gasteiger partial charge in [0, 0.05) is 18.4 Å². The van der Waals surface area contributed by atoms with Crippen LogP contribution in [0.3, 0.4) is 0 Å². The Morgan fingerprint density at radius 3 is 2.22 bits per heavy atom. The van der Waals surface area contributed by atoms with Crippen molar-refractivity contribution in [1.82, 2.24) is 0 Å². The lowest BCUT2D eigenvalue weighted by Crippen LogP contribution is -2.40. The highest BCUT2D eigenvalue weighted by atomic mass is 35.5. The minimum atomic E-state index is -0.527. The van der Waals surface area contributed by atoms with Gasteiger partial charge in [-0.05, 0) is 35.7 Å². The van der Waals surface area contributed by atoms with Crippen LogP contribution < -0.4 is 16.0 Å². The van der Waals surface area contributed by atoms with Crippen LogP contribution in [-0.2, 0) is 16.0 Å². The molecule has 0 aliphatic heterocycles. The summed E-state index contributed by atoms with van der Waals surface area (Å²) in [5, 5.41) is 2.83. The number of amides is 2. The molecule has 0 spiro atoms. The van der Waals surface area contributed by atoms with Crippen LogP contribution in [0.25, 0.3) is 0 Å². The van der Waals surface area contributed by atoms with Gasteiger partial charge in [-0.25, -0.2) is 0 Å². The number of carbonyl (C=O) groups excluding carboxylic acids is 2. The van der Waals surface area contributed by atoms with Gasteiger partial charge in [-0.2, -0.15) is 0 Å². The van der Waals surface area contributed by atoms with E-state index in [4.69, 9.17) is 5.73 Å². The summed E-state index contributed by atoms with van der Waals surface area (Å²) in [6.45, 7) is 3.97. The number of nitrogens with zero attached hydrogens (tertiary/aromatic N) is 1. The number of likely N-dealkylation sites (N-methyl/N-ethyl adjacent to an activating group) is 1. The highest BCUT2D eigenvalue weighted by Gasteiger charge is 2.19. The zero-order valence-electron chi connectivity index (χ0n) is 16.0. The zero-order valence-corrected chi connectivity index (χ0v) is 16.8. The number of anilines is 2. The van der Waals surface area contributed by atoms with Gasteiger partial charge in [-0.1, -0.05) is 50.6 Å². The molecule has 2 atom stereocenters. The van der Waals surface area contributed by atoms with Crippen LogP contribution in [0.5, 0.6) is 0 Å². The maximum absolute atomic E-state index is 12.4. The second kappa shape index (κ2) is 10.7. The third-order valence-electron chi connectivity index (χ3n) is 4.65. The average molecular weight is 390 g/mol. The van der Waals surface area contributed by atoms with E-state index in [9.17, 15) is 9.59 Å². The summed E-state index contributed by atoms with van der Waals surface area (Å²) >= 11 is 0. The second-order valence-corrected chi connectivity index (χ2v) is 6.56. The number of nitrogens with one attached hydrogen (secondary N) is 1. The first-order valence-electron chi connectivity index (χ1n) is 8.89. The number of hydrogen-bond acceptors (Lipinski definition) is 3. The van der Waals surface area contributed by atoms with Crippen molar-refractivity contribution in [2.24, 2.45) is 11.7 Å². The molecule has 146 valence electrons. The summed E-state index contributed by atoms with van der Waals surface area (Å²) in [6.07, 6.45) is 1.15. The number of carbonyl (C=O) groups is 2. The van der Waals surface area contributed by atoms with Gasteiger partial charge in [0.25, 0.3) is 0 Å². The molecule has 2 aromatic rings. The van der Waals surface area contributed by atoms with E-state index in [2.05, 4.69) is 5.32 Å². The van der Waals surface area contributed by atoms with Crippen LogP contribution in [0.1, 0.15) is 25.8 Å². The number of para-hydroxylation sites is 1. The number of rotatable bonds is 7. The quantitative estimate of drug-likeness (QED) is 0.759. The van der Waals surface area contributed by atoms with Crippen LogP contribution in [-0.4, -0.2) is 24.9 Å². The average Bonchev–Trinajstić information content (AvgIpc) is 2.68. The molecule has 0 bridgehead atoms. The summed E-state index contributed by atoms with van der Waals surface area (Å²) in [7, 11) is 1.77. The molecule has 0 fully saturated rings. The monoisotopic (exact) mass is 389 g/mol. The number of nitrogens with two attached hydrogens (primary N) is 1. The Hall–Kier alpha value is -2.37. The third-order valence-corrected chi connectivity index (χ3v) is 4.65. The van der Waals surface area contributed by atoms with Crippen molar-refractivity contribution in [1.29, 1.82) is 0 Å². The molecule has 6 heteroatoms. The fourth-order valence-corrected chi connectivity index (χ4v) is 2.53. The zero-order chi connectivity index (χ0) is 19.1. The molecule has 0 radical (unpaired) electrons.